The molecule has 0 bridgehead atoms. The molecule has 0 aliphatic heterocycles. The summed E-state index contributed by atoms with van der Waals surface area (Å²) in [6.45, 7) is 8.18. The van der Waals surface area contributed by atoms with E-state index in [1.54, 1.807) is 0 Å². The van der Waals surface area contributed by atoms with Crippen LogP contribution in [0.5, 0.6) is 0 Å². The molecule has 1 aromatic rings. The molecule has 0 aliphatic carbocycles. The van der Waals surface area contributed by atoms with Crippen LogP contribution < -0.4 is 11.1 Å². The van der Waals surface area contributed by atoms with E-state index in [4.69, 9.17) is 5.73 Å². The monoisotopic (exact) mass is 220 g/mol. The Hall–Kier alpha value is -1.51. The number of hydrogen-bond donors (Lipinski definition) is 2. The summed E-state index contributed by atoms with van der Waals surface area (Å²) in [5.41, 5.74) is 7.06. The van der Waals surface area contributed by atoms with Crippen molar-refractivity contribution in [3.63, 3.8) is 0 Å². The van der Waals surface area contributed by atoms with Crippen LogP contribution in [0.15, 0.2) is 24.3 Å². The fraction of sp³-hybridized carbons (Fsp3) is 0.462. The Balaban J connectivity index is 3.03. The largest absolute Gasteiger partial charge is 0.352 e. The first kappa shape index (κ1) is 12.6. The summed E-state index contributed by atoms with van der Waals surface area (Å²) in [5.74, 6) is 0.476. The Morgan fingerprint density at radius 2 is 2.00 bits per heavy atom. The van der Waals surface area contributed by atoms with Gasteiger partial charge in [0.25, 0.3) is 0 Å². The maximum atomic E-state index is 10.9. The smallest absolute Gasteiger partial charge is 0.312 e. The molecule has 0 atom stereocenters. The zero-order valence-electron chi connectivity index (χ0n) is 10.4. The fourth-order valence-corrected chi connectivity index (χ4v) is 1.67. The van der Waals surface area contributed by atoms with E-state index < -0.39 is 11.6 Å². The van der Waals surface area contributed by atoms with Crippen molar-refractivity contribution in [2.24, 2.45) is 5.73 Å². The Labute approximate surface area is 97.0 Å². The SMILES string of the molecule is CC(C)c1cccc(C(C)(C)NC(N)=O)c1. The topological polar surface area (TPSA) is 55.1 Å². The molecule has 0 radical (unpaired) electrons. The van der Waals surface area contributed by atoms with E-state index >= 15 is 0 Å². The summed E-state index contributed by atoms with van der Waals surface area (Å²) < 4.78 is 0. The summed E-state index contributed by atoms with van der Waals surface area (Å²) >= 11 is 0. The van der Waals surface area contributed by atoms with Crippen LogP contribution in [0.25, 0.3) is 0 Å². The van der Waals surface area contributed by atoms with E-state index in [0.29, 0.717) is 5.92 Å². The number of primary amides is 1. The second-order valence-corrected chi connectivity index (χ2v) is 4.89. The molecule has 3 nitrogen and oxygen atoms in total. The lowest BCUT2D eigenvalue weighted by Crippen LogP contribution is -2.43. The molecular formula is C13H20N2O. The lowest BCUT2D eigenvalue weighted by atomic mass is 9.90. The predicted molar refractivity (Wildman–Crippen MR) is 66.3 cm³/mol. The van der Waals surface area contributed by atoms with E-state index in [1.165, 1.54) is 5.56 Å². The molecule has 1 aromatic carbocycles. The highest BCUT2D eigenvalue weighted by atomic mass is 16.2. The number of carbonyl (C=O) groups is 1. The molecule has 88 valence electrons. The number of amides is 2. The minimum absolute atomic E-state index is 0.434. The zero-order chi connectivity index (χ0) is 12.3. The number of urea groups is 1. The molecule has 0 saturated heterocycles. The summed E-state index contributed by atoms with van der Waals surface area (Å²) in [4.78, 5) is 10.9. The summed E-state index contributed by atoms with van der Waals surface area (Å²) in [5, 5.41) is 2.74. The second kappa shape index (κ2) is 4.56. The van der Waals surface area contributed by atoms with Crippen LogP contribution in [0.4, 0.5) is 4.79 Å². The molecule has 3 heteroatoms. The third-order valence-electron chi connectivity index (χ3n) is 2.71. The Morgan fingerprint density at radius 3 is 2.50 bits per heavy atom. The first-order valence-corrected chi connectivity index (χ1v) is 5.51. The van der Waals surface area contributed by atoms with Crippen LogP contribution in [0.2, 0.25) is 0 Å². The van der Waals surface area contributed by atoms with Crippen molar-refractivity contribution in [3.05, 3.63) is 35.4 Å². The van der Waals surface area contributed by atoms with Crippen molar-refractivity contribution < 1.29 is 4.79 Å². The highest BCUT2D eigenvalue weighted by Gasteiger charge is 2.21. The van der Waals surface area contributed by atoms with Gasteiger partial charge in [-0.05, 0) is 30.9 Å². The van der Waals surface area contributed by atoms with E-state index in [2.05, 4.69) is 31.3 Å². The lowest BCUT2D eigenvalue weighted by molar-refractivity contribution is 0.238. The highest BCUT2D eigenvalue weighted by Crippen LogP contribution is 2.23. The van der Waals surface area contributed by atoms with Gasteiger partial charge in [0.15, 0.2) is 0 Å². The van der Waals surface area contributed by atoms with Crippen LogP contribution >= 0.6 is 0 Å². The van der Waals surface area contributed by atoms with Crippen LogP contribution in [0.3, 0.4) is 0 Å². The lowest BCUT2D eigenvalue weighted by Gasteiger charge is -2.26. The van der Waals surface area contributed by atoms with Gasteiger partial charge in [0.05, 0.1) is 5.54 Å². The summed E-state index contributed by atoms with van der Waals surface area (Å²) in [7, 11) is 0. The van der Waals surface area contributed by atoms with E-state index in [9.17, 15) is 4.79 Å². The highest BCUT2D eigenvalue weighted by molar-refractivity contribution is 5.72. The average Bonchev–Trinajstić information content (AvgIpc) is 2.16. The standard InChI is InChI=1S/C13H20N2O/c1-9(2)10-6-5-7-11(8-10)13(3,4)15-12(14)16/h5-9H,1-4H3,(H3,14,15,16). The molecule has 0 heterocycles. The fourth-order valence-electron chi connectivity index (χ4n) is 1.67. The molecule has 0 fully saturated rings. The quantitative estimate of drug-likeness (QED) is 0.808. The van der Waals surface area contributed by atoms with Gasteiger partial charge in [-0.1, -0.05) is 38.1 Å². The van der Waals surface area contributed by atoms with Crippen molar-refractivity contribution in [1.29, 1.82) is 0 Å². The maximum Gasteiger partial charge on any atom is 0.312 e. The van der Waals surface area contributed by atoms with E-state index in [0.717, 1.165) is 5.56 Å². The molecule has 0 saturated carbocycles. The molecule has 3 N–H and O–H groups in total. The Bertz CT molecular complexity index is 383. The zero-order valence-corrected chi connectivity index (χ0v) is 10.4. The van der Waals surface area contributed by atoms with Gasteiger partial charge in [-0.2, -0.15) is 0 Å². The maximum absolute atomic E-state index is 10.9. The van der Waals surface area contributed by atoms with Crippen molar-refractivity contribution >= 4 is 6.03 Å². The molecule has 0 spiro atoms. The van der Waals surface area contributed by atoms with Crippen LogP contribution in [-0.2, 0) is 5.54 Å². The molecule has 2 amide bonds. The molecular weight excluding hydrogens is 200 g/mol. The molecule has 0 aromatic heterocycles. The van der Waals surface area contributed by atoms with Crippen molar-refractivity contribution in [2.45, 2.75) is 39.2 Å². The summed E-state index contributed by atoms with van der Waals surface area (Å²) in [6, 6.07) is 7.71. The molecule has 0 unspecified atom stereocenters. The van der Waals surface area contributed by atoms with E-state index in [1.807, 2.05) is 26.0 Å². The first-order valence-electron chi connectivity index (χ1n) is 5.51. The molecule has 1 rings (SSSR count). The van der Waals surface area contributed by atoms with Gasteiger partial charge in [0, 0.05) is 0 Å². The first-order chi connectivity index (χ1) is 7.33. The van der Waals surface area contributed by atoms with Crippen molar-refractivity contribution in [2.75, 3.05) is 0 Å². The van der Waals surface area contributed by atoms with Crippen molar-refractivity contribution in [1.82, 2.24) is 5.32 Å². The van der Waals surface area contributed by atoms with Gasteiger partial charge in [-0.15, -0.1) is 0 Å². The minimum atomic E-state index is -0.500. The van der Waals surface area contributed by atoms with Crippen molar-refractivity contribution in [3.8, 4) is 0 Å². The number of nitrogens with one attached hydrogen (secondary N) is 1. The average molecular weight is 220 g/mol. The van der Waals surface area contributed by atoms with Gasteiger partial charge in [0.1, 0.15) is 0 Å². The van der Waals surface area contributed by atoms with Gasteiger partial charge in [-0.25, -0.2) is 4.79 Å². The molecule has 16 heavy (non-hydrogen) atoms. The Morgan fingerprint density at radius 1 is 1.38 bits per heavy atom. The van der Waals surface area contributed by atoms with Crippen LogP contribution in [0.1, 0.15) is 44.7 Å². The number of hydrogen-bond acceptors (Lipinski definition) is 1. The van der Waals surface area contributed by atoms with Gasteiger partial charge in [0.2, 0.25) is 0 Å². The number of carbonyl (C=O) groups excluding carboxylic acids is 1. The Kier molecular flexibility index (Phi) is 3.58. The van der Waals surface area contributed by atoms with E-state index in [-0.39, 0.29) is 0 Å². The second-order valence-electron chi connectivity index (χ2n) is 4.89. The summed E-state index contributed by atoms with van der Waals surface area (Å²) in [6.07, 6.45) is 0. The van der Waals surface area contributed by atoms with Gasteiger partial charge >= 0.3 is 6.03 Å². The van der Waals surface area contributed by atoms with Crippen LogP contribution in [-0.4, -0.2) is 6.03 Å². The van der Waals surface area contributed by atoms with Gasteiger partial charge < -0.3 is 11.1 Å². The number of nitrogens with two attached hydrogens (primary N) is 1. The normalized spacial score (nSPS) is 11.6. The molecule has 0 aliphatic rings. The third kappa shape index (κ3) is 2.99. The van der Waals surface area contributed by atoms with Gasteiger partial charge in [-0.3, -0.25) is 0 Å². The van der Waals surface area contributed by atoms with Crippen LogP contribution in [0, 0.1) is 0 Å². The minimum Gasteiger partial charge on any atom is -0.352 e. The third-order valence-corrected chi connectivity index (χ3v) is 2.71. The predicted octanol–water partition coefficient (Wildman–Crippen LogP) is 2.71. The number of rotatable bonds is 3. The number of benzene rings is 1.